The van der Waals surface area contributed by atoms with Crippen LogP contribution in [0, 0.1) is 6.57 Å². The number of carbonyl (C=O) groups is 1. The maximum atomic E-state index is 12.7. The molecule has 2 heterocycles. The number of amides is 1. The van der Waals surface area contributed by atoms with Crippen LogP contribution < -0.4 is 10.2 Å². The van der Waals surface area contributed by atoms with Crippen LogP contribution in [0.3, 0.4) is 0 Å². The summed E-state index contributed by atoms with van der Waals surface area (Å²) in [5.74, 6) is -0.206. The largest absolute Gasteiger partial charge is 0.378 e. The molecule has 1 amide bonds. The minimum atomic E-state index is -0.206. The summed E-state index contributed by atoms with van der Waals surface area (Å²) in [6.07, 6.45) is 0. The van der Waals surface area contributed by atoms with Crippen LogP contribution in [0.5, 0.6) is 0 Å². The van der Waals surface area contributed by atoms with Crippen molar-refractivity contribution in [3.05, 3.63) is 44.5 Å². The number of hydrogen-bond acceptors (Lipinski definition) is 4. The maximum absolute atomic E-state index is 12.7. The molecule has 3 rings (SSSR count). The van der Waals surface area contributed by atoms with Crippen molar-refractivity contribution in [3.8, 4) is 11.1 Å². The van der Waals surface area contributed by atoms with Crippen LogP contribution in [-0.4, -0.2) is 38.8 Å². The van der Waals surface area contributed by atoms with E-state index in [-0.39, 0.29) is 5.91 Å². The van der Waals surface area contributed by atoms with Gasteiger partial charge in [-0.15, -0.1) is 11.3 Å². The first-order valence-electron chi connectivity index (χ1n) is 8.17. The molecule has 0 saturated carbocycles. The number of hydrogen-bond donors (Lipinski definition) is 1. The Kier molecular flexibility index (Phi) is 6.05. The zero-order chi connectivity index (χ0) is 18.7. The van der Waals surface area contributed by atoms with Gasteiger partial charge in [0.15, 0.2) is 0 Å². The normalized spacial score (nSPS) is 14.2. The third-order valence-electron chi connectivity index (χ3n) is 4.02. The Morgan fingerprint density at radius 3 is 2.73 bits per heavy atom. The maximum Gasteiger partial charge on any atom is 0.260 e. The minimum Gasteiger partial charge on any atom is -0.378 e. The Labute approximate surface area is 166 Å². The van der Waals surface area contributed by atoms with Gasteiger partial charge in [-0.25, -0.2) is 4.85 Å². The summed E-state index contributed by atoms with van der Waals surface area (Å²) in [4.78, 5) is 19.0. The van der Waals surface area contributed by atoms with E-state index in [1.54, 1.807) is 18.2 Å². The minimum absolute atomic E-state index is 0.206. The van der Waals surface area contributed by atoms with Gasteiger partial charge >= 0.3 is 0 Å². The average Bonchev–Trinajstić information content (AvgIpc) is 3.02. The molecule has 1 aliphatic rings. The summed E-state index contributed by atoms with van der Waals surface area (Å²) in [5.41, 5.74) is 1.65. The van der Waals surface area contributed by atoms with Crippen LogP contribution in [-0.2, 0) is 4.74 Å². The fourth-order valence-corrected chi connectivity index (χ4v) is 4.56. The Balaban J connectivity index is 2.20. The number of halogens is 2. The number of rotatable bonds is 4. The summed E-state index contributed by atoms with van der Waals surface area (Å²) in [7, 11) is 0. The highest BCUT2D eigenvalue weighted by molar-refractivity contribution is 7.19. The highest BCUT2D eigenvalue weighted by Gasteiger charge is 2.28. The van der Waals surface area contributed by atoms with Gasteiger partial charge < -0.3 is 15.0 Å². The molecule has 1 aromatic carbocycles. The molecule has 0 radical (unpaired) electrons. The summed E-state index contributed by atoms with van der Waals surface area (Å²) in [6, 6.07) is 5.09. The van der Waals surface area contributed by atoms with Crippen LogP contribution in [0.4, 0.5) is 10.7 Å². The SMILES string of the molecule is [C-]#[N+]c1c(N2CCOCC2)sc(C(=O)NCC)c1-c1ccc(Cl)cc1Cl. The van der Waals surface area contributed by atoms with Gasteiger partial charge in [-0.2, -0.15) is 0 Å². The number of thiophene rings is 1. The summed E-state index contributed by atoms with van der Waals surface area (Å²) in [5, 5.41) is 4.53. The van der Waals surface area contributed by atoms with Gasteiger partial charge in [0.25, 0.3) is 5.91 Å². The Hall–Kier alpha value is -1.78. The number of morpholine rings is 1. The van der Waals surface area contributed by atoms with E-state index in [0.29, 0.717) is 64.6 Å². The monoisotopic (exact) mass is 409 g/mol. The molecule has 8 heteroatoms. The van der Waals surface area contributed by atoms with Gasteiger partial charge in [0, 0.05) is 35.2 Å². The van der Waals surface area contributed by atoms with Gasteiger partial charge in [0.1, 0.15) is 0 Å². The lowest BCUT2D eigenvalue weighted by molar-refractivity contribution is 0.0960. The van der Waals surface area contributed by atoms with Gasteiger partial charge in [0.05, 0.1) is 29.7 Å². The predicted octanol–water partition coefficient (Wildman–Crippen LogP) is 4.86. The Bertz CT molecular complexity index is 870. The molecule has 1 fully saturated rings. The molecule has 0 bridgehead atoms. The van der Waals surface area contributed by atoms with Crippen LogP contribution >= 0.6 is 34.5 Å². The first-order valence-corrected chi connectivity index (χ1v) is 9.74. The van der Waals surface area contributed by atoms with Gasteiger partial charge in [-0.3, -0.25) is 4.79 Å². The number of nitrogens with zero attached hydrogens (tertiary/aromatic N) is 2. The Morgan fingerprint density at radius 2 is 2.12 bits per heavy atom. The molecule has 1 saturated heterocycles. The lowest BCUT2D eigenvalue weighted by atomic mass is 10.0. The van der Waals surface area contributed by atoms with E-state index < -0.39 is 0 Å². The van der Waals surface area contributed by atoms with E-state index in [4.69, 9.17) is 34.5 Å². The molecule has 0 unspecified atom stereocenters. The smallest absolute Gasteiger partial charge is 0.260 e. The molecule has 1 N–H and O–H groups in total. The number of nitrogens with one attached hydrogen (secondary N) is 1. The second-order valence-electron chi connectivity index (χ2n) is 5.65. The number of benzene rings is 1. The number of anilines is 1. The highest BCUT2D eigenvalue weighted by atomic mass is 35.5. The van der Waals surface area contributed by atoms with Crippen molar-refractivity contribution in [2.24, 2.45) is 0 Å². The fraction of sp³-hybridized carbons (Fsp3) is 0.333. The molecular formula is C18H17Cl2N3O2S. The second kappa shape index (κ2) is 8.28. The van der Waals surface area contributed by atoms with Crippen LogP contribution in [0.25, 0.3) is 16.0 Å². The average molecular weight is 410 g/mol. The van der Waals surface area contributed by atoms with Crippen molar-refractivity contribution in [2.45, 2.75) is 6.92 Å². The lowest BCUT2D eigenvalue weighted by Crippen LogP contribution is -2.35. The van der Waals surface area contributed by atoms with Crippen LogP contribution in [0.1, 0.15) is 16.6 Å². The third-order valence-corrected chi connectivity index (χ3v) is 5.81. The van der Waals surface area contributed by atoms with Gasteiger partial charge in [0.2, 0.25) is 5.69 Å². The molecule has 0 spiro atoms. The van der Waals surface area contributed by atoms with E-state index in [1.807, 2.05) is 6.92 Å². The molecule has 2 aromatic rings. The van der Waals surface area contributed by atoms with Crippen molar-refractivity contribution in [1.82, 2.24) is 5.32 Å². The van der Waals surface area contributed by atoms with E-state index >= 15 is 0 Å². The lowest BCUT2D eigenvalue weighted by Gasteiger charge is -2.28. The second-order valence-corrected chi connectivity index (χ2v) is 7.50. The van der Waals surface area contributed by atoms with Crippen molar-refractivity contribution in [1.29, 1.82) is 0 Å². The third kappa shape index (κ3) is 3.67. The van der Waals surface area contributed by atoms with E-state index in [1.165, 1.54) is 11.3 Å². The molecular weight excluding hydrogens is 393 g/mol. The first-order chi connectivity index (χ1) is 12.6. The molecule has 0 atom stereocenters. The van der Waals surface area contributed by atoms with E-state index in [0.717, 1.165) is 5.00 Å². The summed E-state index contributed by atoms with van der Waals surface area (Å²) >= 11 is 13.7. The topological polar surface area (TPSA) is 45.9 Å². The molecule has 1 aromatic heterocycles. The van der Waals surface area contributed by atoms with Crippen molar-refractivity contribution in [3.63, 3.8) is 0 Å². The van der Waals surface area contributed by atoms with Crippen LogP contribution in [0.15, 0.2) is 18.2 Å². The number of ether oxygens (including phenoxy) is 1. The molecule has 136 valence electrons. The quantitative estimate of drug-likeness (QED) is 0.733. The molecule has 0 aliphatic carbocycles. The van der Waals surface area contributed by atoms with Gasteiger partial charge in [-0.05, 0) is 24.6 Å². The summed E-state index contributed by atoms with van der Waals surface area (Å²) in [6.45, 7) is 12.7. The zero-order valence-electron chi connectivity index (χ0n) is 14.1. The molecule has 26 heavy (non-hydrogen) atoms. The van der Waals surface area contributed by atoms with Crippen LogP contribution in [0.2, 0.25) is 10.0 Å². The Morgan fingerprint density at radius 1 is 1.38 bits per heavy atom. The fourth-order valence-electron chi connectivity index (χ4n) is 2.84. The first kappa shape index (κ1) is 19.0. The highest BCUT2D eigenvalue weighted by Crippen LogP contribution is 2.50. The van der Waals surface area contributed by atoms with Crippen molar-refractivity contribution >= 4 is 51.1 Å². The predicted molar refractivity (Wildman–Crippen MR) is 107 cm³/mol. The van der Waals surface area contributed by atoms with Gasteiger partial charge in [-0.1, -0.05) is 29.3 Å². The van der Waals surface area contributed by atoms with E-state index in [9.17, 15) is 4.79 Å². The number of carbonyl (C=O) groups excluding carboxylic acids is 1. The molecule has 5 nitrogen and oxygen atoms in total. The van der Waals surface area contributed by atoms with Crippen molar-refractivity contribution < 1.29 is 9.53 Å². The van der Waals surface area contributed by atoms with E-state index in [2.05, 4.69) is 15.1 Å². The standard InChI is InChI=1S/C18H17Cl2N3O2S/c1-3-22-17(24)16-14(12-5-4-11(19)10-13(12)20)15(21-2)18(26-16)23-6-8-25-9-7-23/h4-5,10H,3,6-9H2,1H3,(H,22,24). The molecule has 1 aliphatic heterocycles. The zero-order valence-corrected chi connectivity index (χ0v) is 16.5. The summed E-state index contributed by atoms with van der Waals surface area (Å²) < 4.78 is 5.41. The van der Waals surface area contributed by atoms with Crippen molar-refractivity contribution in [2.75, 3.05) is 37.7 Å².